The van der Waals surface area contributed by atoms with Crippen molar-refractivity contribution in [2.45, 2.75) is 30.8 Å². The Morgan fingerprint density at radius 1 is 0.805 bits per heavy atom. The standard InChI is InChI=1S/C30H37N3O7S/c1-37-24-11-13-27(38-2)26(17-24)33(41(35,36)25-12-14-28(39-3)29(18-25)40-4)21-30(34)31-19-22-7-9-23(10-8-22)20-32-15-5-6-16-32/h7-14,17-18H,5-6,15-16,19-21H2,1-4H3,(H,31,34). The molecule has 1 fully saturated rings. The summed E-state index contributed by atoms with van der Waals surface area (Å²) >= 11 is 0. The maximum absolute atomic E-state index is 14.0. The summed E-state index contributed by atoms with van der Waals surface area (Å²) in [5.74, 6) is 0.795. The lowest BCUT2D eigenvalue weighted by atomic mass is 10.1. The first kappa shape index (κ1) is 30.0. The molecule has 3 aromatic rings. The van der Waals surface area contributed by atoms with Gasteiger partial charge in [-0.05, 0) is 61.3 Å². The number of rotatable bonds is 13. The van der Waals surface area contributed by atoms with Crippen LogP contribution in [0.3, 0.4) is 0 Å². The third kappa shape index (κ3) is 7.22. The Balaban J connectivity index is 1.57. The van der Waals surface area contributed by atoms with E-state index in [-0.39, 0.29) is 28.6 Å². The van der Waals surface area contributed by atoms with Crippen LogP contribution >= 0.6 is 0 Å². The number of carbonyl (C=O) groups is 1. The first-order chi connectivity index (χ1) is 19.8. The number of hydrogen-bond donors (Lipinski definition) is 1. The average Bonchev–Trinajstić information content (AvgIpc) is 3.51. The minimum Gasteiger partial charge on any atom is -0.497 e. The van der Waals surface area contributed by atoms with Crippen molar-refractivity contribution in [2.24, 2.45) is 0 Å². The normalized spacial score (nSPS) is 13.5. The van der Waals surface area contributed by atoms with E-state index in [9.17, 15) is 13.2 Å². The van der Waals surface area contributed by atoms with Crippen LogP contribution in [-0.2, 0) is 27.9 Å². The van der Waals surface area contributed by atoms with E-state index in [1.165, 1.54) is 71.1 Å². The number of carbonyl (C=O) groups excluding carboxylic acids is 1. The van der Waals surface area contributed by atoms with Crippen LogP contribution in [0, 0.1) is 0 Å². The average molecular weight is 584 g/mol. The van der Waals surface area contributed by atoms with Crippen LogP contribution in [0.2, 0.25) is 0 Å². The van der Waals surface area contributed by atoms with Gasteiger partial charge in [0.05, 0.1) is 39.0 Å². The number of nitrogens with one attached hydrogen (secondary N) is 1. The van der Waals surface area contributed by atoms with Crippen molar-refractivity contribution < 1.29 is 32.2 Å². The summed E-state index contributed by atoms with van der Waals surface area (Å²) in [4.78, 5) is 15.6. The minimum absolute atomic E-state index is 0.0820. The lowest BCUT2D eigenvalue weighted by Gasteiger charge is -2.26. The van der Waals surface area contributed by atoms with E-state index in [0.29, 0.717) is 11.5 Å². The van der Waals surface area contributed by atoms with Crippen molar-refractivity contribution in [3.05, 3.63) is 71.8 Å². The first-order valence-electron chi connectivity index (χ1n) is 13.3. The third-order valence-electron chi connectivity index (χ3n) is 7.00. The third-order valence-corrected chi connectivity index (χ3v) is 8.76. The zero-order valence-electron chi connectivity index (χ0n) is 23.9. The molecule has 0 spiro atoms. The number of methoxy groups -OCH3 is 4. The molecule has 11 heteroatoms. The molecule has 10 nitrogen and oxygen atoms in total. The fourth-order valence-corrected chi connectivity index (χ4v) is 6.18. The number of nitrogens with zero attached hydrogens (tertiary/aromatic N) is 2. The van der Waals surface area contributed by atoms with Crippen LogP contribution in [0.5, 0.6) is 23.0 Å². The Morgan fingerprint density at radius 3 is 2.07 bits per heavy atom. The number of ether oxygens (including phenoxy) is 4. The molecule has 1 amide bonds. The highest BCUT2D eigenvalue weighted by molar-refractivity contribution is 7.92. The summed E-state index contributed by atoms with van der Waals surface area (Å²) in [6.45, 7) is 2.92. The smallest absolute Gasteiger partial charge is 0.265 e. The maximum atomic E-state index is 14.0. The minimum atomic E-state index is -4.27. The van der Waals surface area contributed by atoms with Crippen LogP contribution < -0.4 is 28.6 Å². The monoisotopic (exact) mass is 583 g/mol. The Labute approximate surface area is 241 Å². The van der Waals surface area contributed by atoms with Crippen LogP contribution in [0.1, 0.15) is 24.0 Å². The summed E-state index contributed by atoms with van der Waals surface area (Å²) in [7, 11) is 1.52. The van der Waals surface area contributed by atoms with Crippen molar-refractivity contribution in [1.29, 1.82) is 0 Å². The van der Waals surface area contributed by atoms with Gasteiger partial charge in [-0.1, -0.05) is 24.3 Å². The topological polar surface area (TPSA) is 107 Å². The number of likely N-dealkylation sites (tertiary alicyclic amines) is 1. The molecule has 4 rings (SSSR count). The zero-order valence-corrected chi connectivity index (χ0v) is 24.7. The van der Waals surface area contributed by atoms with Gasteiger partial charge in [-0.15, -0.1) is 0 Å². The molecule has 0 aliphatic carbocycles. The van der Waals surface area contributed by atoms with E-state index in [0.717, 1.165) is 29.5 Å². The number of sulfonamides is 1. The molecule has 41 heavy (non-hydrogen) atoms. The van der Waals surface area contributed by atoms with Gasteiger partial charge < -0.3 is 24.3 Å². The second kappa shape index (κ2) is 13.6. The van der Waals surface area contributed by atoms with Crippen molar-refractivity contribution >= 4 is 21.6 Å². The van der Waals surface area contributed by atoms with Gasteiger partial charge in [0.25, 0.3) is 10.0 Å². The molecule has 0 bridgehead atoms. The molecule has 1 saturated heterocycles. The maximum Gasteiger partial charge on any atom is 0.265 e. The lowest BCUT2D eigenvalue weighted by molar-refractivity contribution is -0.119. The predicted octanol–water partition coefficient (Wildman–Crippen LogP) is 3.83. The predicted molar refractivity (Wildman–Crippen MR) is 156 cm³/mol. The molecule has 1 aliphatic rings. The SMILES string of the molecule is COc1ccc(OC)c(N(CC(=O)NCc2ccc(CN3CCCC3)cc2)S(=O)(=O)c2ccc(OC)c(OC)c2)c1. The summed E-state index contributed by atoms with van der Waals surface area (Å²) in [6.07, 6.45) is 2.48. The fourth-order valence-electron chi connectivity index (χ4n) is 4.74. The quantitative estimate of drug-likeness (QED) is 0.324. The highest BCUT2D eigenvalue weighted by Gasteiger charge is 2.31. The largest absolute Gasteiger partial charge is 0.497 e. The molecule has 0 unspecified atom stereocenters. The molecule has 1 N–H and O–H groups in total. The van der Waals surface area contributed by atoms with Gasteiger partial charge >= 0.3 is 0 Å². The second-order valence-electron chi connectivity index (χ2n) is 9.64. The molecule has 220 valence electrons. The van der Waals surface area contributed by atoms with Crippen LogP contribution in [0.25, 0.3) is 0 Å². The molecule has 1 aliphatic heterocycles. The van der Waals surface area contributed by atoms with Crippen LogP contribution in [0.4, 0.5) is 5.69 Å². The Bertz CT molecular complexity index is 1440. The Kier molecular flexibility index (Phi) is 9.95. The molecule has 0 saturated carbocycles. The van der Waals surface area contributed by atoms with E-state index >= 15 is 0 Å². The van der Waals surface area contributed by atoms with Gasteiger partial charge in [0.2, 0.25) is 5.91 Å². The van der Waals surface area contributed by atoms with E-state index in [4.69, 9.17) is 18.9 Å². The summed E-state index contributed by atoms with van der Waals surface area (Å²) in [6, 6.07) is 17.1. The number of amides is 1. The van der Waals surface area contributed by atoms with Gasteiger partial charge in [-0.3, -0.25) is 14.0 Å². The van der Waals surface area contributed by atoms with Crippen molar-refractivity contribution in [3.8, 4) is 23.0 Å². The van der Waals surface area contributed by atoms with Gasteiger partial charge in [0, 0.05) is 25.2 Å². The molecule has 0 atom stereocenters. The highest BCUT2D eigenvalue weighted by Crippen LogP contribution is 2.37. The molecule has 1 heterocycles. The highest BCUT2D eigenvalue weighted by atomic mass is 32.2. The number of benzene rings is 3. The van der Waals surface area contributed by atoms with Crippen LogP contribution in [0.15, 0.2) is 65.6 Å². The van der Waals surface area contributed by atoms with Gasteiger partial charge in [-0.2, -0.15) is 0 Å². The van der Waals surface area contributed by atoms with E-state index < -0.39 is 22.5 Å². The summed E-state index contributed by atoms with van der Waals surface area (Å²) in [5.41, 5.74) is 2.29. The first-order valence-corrected chi connectivity index (χ1v) is 14.8. The summed E-state index contributed by atoms with van der Waals surface area (Å²) in [5, 5.41) is 2.85. The van der Waals surface area contributed by atoms with Crippen molar-refractivity contribution in [1.82, 2.24) is 10.2 Å². The molecular weight excluding hydrogens is 546 g/mol. The second-order valence-corrected chi connectivity index (χ2v) is 11.5. The van der Waals surface area contributed by atoms with Crippen molar-refractivity contribution in [3.63, 3.8) is 0 Å². The van der Waals surface area contributed by atoms with Crippen molar-refractivity contribution in [2.75, 3.05) is 52.4 Å². The Hall–Kier alpha value is -3.96. The molecule has 0 aromatic heterocycles. The molecular formula is C30H37N3O7S. The fraction of sp³-hybridized carbons (Fsp3) is 0.367. The Morgan fingerprint density at radius 2 is 1.44 bits per heavy atom. The summed E-state index contributed by atoms with van der Waals surface area (Å²) < 4.78 is 50.4. The molecule has 3 aromatic carbocycles. The van der Waals surface area contributed by atoms with E-state index in [1.54, 1.807) is 12.1 Å². The number of hydrogen-bond acceptors (Lipinski definition) is 8. The van der Waals surface area contributed by atoms with Gasteiger partial charge in [0.15, 0.2) is 11.5 Å². The zero-order chi connectivity index (χ0) is 29.4. The van der Waals surface area contributed by atoms with Gasteiger partial charge in [0.1, 0.15) is 18.0 Å². The van der Waals surface area contributed by atoms with E-state index in [2.05, 4.69) is 22.3 Å². The molecule has 0 radical (unpaired) electrons. The van der Waals surface area contributed by atoms with E-state index in [1.807, 2.05) is 12.1 Å². The van der Waals surface area contributed by atoms with Gasteiger partial charge in [-0.25, -0.2) is 8.42 Å². The van der Waals surface area contributed by atoms with Crippen LogP contribution in [-0.4, -0.2) is 67.3 Å². The number of anilines is 1. The lowest BCUT2D eigenvalue weighted by Crippen LogP contribution is -2.41.